The first kappa shape index (κ1) is 18.3. The molecule has 0 atom stereocenters. The van der Waals surface area contributed by atoms with Gasteiger partial charge >= 0.3 is 0 Å². The minimum Gasteiger partial charge on any atom is -0.379 e. The molecule has 0 saturated heterocycles. The Bertz CT molecular complexity index is 813. The molecule has 0 unspecified atom stereocenters. The molecule has 0 aliphatic rings. The van der Waals surface area contributed by atoms with Crippen molar-refractivity contribution < 1.29 is 8.42 Å². The van der Waals surface area contributed by atoms with E-state index in [0.29, 0.717) is 10.7 Å². The number of aryl methyl sites for hydroxylation is 3. The molecule has 5 nitrogen and oxygen atoms in total. The van der Waals surface area contributed by atoms with Gasteiger partial charge in [0.2, 0.25) is 0 Å². The first-order valence-corrected chi connectivity index (χ1v) is 9.31. The van der Waals surface area contributed by atoms with E-state index in [1.54, 1.807) is 26.1 Å². The smallest absolute Gasteiger partial charge is 0.263 e. The van der Waals surface area contributed by atoms with Crippen LogP contribution in [0.2, 0.25) is 0 Å². The van der Waals surface area contributed by atoms with Crippen LogP contribution in [-0.2, 0) is 10.0 Å². The molecule has 0 radical (unpaired) electrons. The van der Waals surface area contributed by atoms with E-state index in [1.165, 1.54) is 0 Å². The quantitative estimate of drug-likeness (QED) is 0.876. The fourth-order valence-electron chi connectivity index (χ4n) is 2.74. The summed E-state index contributed by atoms with van der Waals surface area (Å²) in [5.74, 6) is 0.300. The number of hydrogen-bond acceptors (Lipinski definition) is 4. The van der Waals surface area contributed by atoms with Gasteiger partial charge in [-0.2, -0.15) is 0 Å². The molecule has 0 fully saturated rings. The van der Waals surface area contributed by atoms with Gasteiger partial charge < -0.3 is 5.32 Å². The molecule has 24 heavy (non-hydrogen) atoms. The number of aromatic nitrogens is 1. The second-order valence-corrected chi connectivity index (χ2v) is 8.76. The molecule has 0 bridgehead atoms. The largest absolute Gasteiger partial charge is 0.379 e. The normalized spacial score (nSPS) is 12.1. The fraction of sp³-hybridized carbons (Fsp3) is 0.389. The summed E-state index contributed by atoms with van der Waals surface area (Å²) in [6.45, 7) is 11.7. The molecule has 6 heteroatoms. The summed E-state index contributed by atoms with van der Waals surface area (Å²) in [5, 5.41) is 3.29. The second-order valence-electron chi connectivity index (χ2n) is 7.14. The summed E-state index contributed by atoms with van der Waals surface area (Å²) >= 11 is 0. The lowest BCUT2D eigenvalue weighted by atomic mass is 10.1. The topological polar surface area (TPSA) is 71.1 Å². The Hall–Kier alpha value is -2.08. The second kappa shape index (κ2) is 6.43. The van der Waals surface area contributed by atoms with Gasteiger partial charge in [-0.15, -0.1) is 0 Å². The van der Waals surface area contributed by atoms with Crippen LogP contribution in [0.5, 0.6) is 0 Å². The molecule has 130 valence electrons. The summed E-state index contributed by atoms with van der Waals surface area (Å²) in [6.07, 6.45) is 1.62. The maximum absolute atomic E-state index is 12.7. The lowest BCUT2D eigenvalue weighted by Crippen LogP contribution is -2.26. The molecule has 2 aromatic rings. The van der Waals surface area contributed by atoms with Crippen molar-refractivity contribution in [1.82, 2.24) is 4.98 Å². The van der Waals surface area contributed by atoms with Crippen LogP contribution in [0.3, 0.4) is 0 Å². The average molecular weight is 347 g/mol. The van der Waals surface area contributed by atoms with Crippen molar-refractivity contribution in [3.05, 3.63) is 47.2 Å². The summed E-state index contributed by atoms with van der Waals surface area (Å²) < 4.78 is 28.0. The molecule has 0 aliphatic heterocycles. The highest BCUT2D eigenvalue weighted by Crippen LogP contribution is 2.24. The summed E-state index contributed by atoms with van der Waals surface area (Å²) in [6, 6.07) is 7.20. The zero-order valence-corrected chi connectivity index (χ0v) is 15.9. The fourth-order valence-corrected chi connectivity index (χ4v) is 4.20. The van der Waals surface area contributed by atoms with Crippen molar-refractivity contribution in [3.63, 3.8) is 0 Å². The van der Waals surface area contributed by atoms with Gasteiger partial charge in [0.05, 0.1) is 16.8 Å². The number of nitrogens with zero attached hydrogens (tertiary/aromatic N) is 1. The van der Waals surface area contributed by atoms with Crippen molar-refractivity contribution in [2.24, 2.45) is 0 Å². The number of benzene rings is 1. The van der Waals surface area contributed by atoms with E-state index in [-0.39, 0.29) is 5.54 Å². The Morgan fingerprint density at radius 2 is 1.58 bits per heavy atom. The van der Waals surface area contributed by atoms with Crippen LogP contribution >= 0.6 is 0 Å². The standard InChI is InChI=1S/C18H25N3O2S/c1-12-9-13(2)17(14(3)10-12)24(22,23)21-16-8-7-15(11-19-16)20-18(4,5)6/h7-11,20H,1-6H3,(H,19,21). The van der Waals surface area contributed by atoms with Gasteiger partial charge in [-0.3, -0.25) is 4.72 Å². The maximum atomic E-state index is 12.7. The van der Waals surface area contributed by atoms with Gasteiger partial charge in [0, 0.05) is 5.54 Å². The number of sulfonamides is 1. The van der Waals surface area contributed by atoms with E-state index in [9.17, 15) is 8.42 Å². The number of rotatable bonds is 4. The van der Waals surface area contributed by atoms with Gasteiger partial charge in [0.25, 0.3) is 10.0 Å². The molecule has 1 heterocycles. The van der Waals surface area contributed by atoms with E-state index >= 15 is 0 Å². The molecule has 1 aromatic carbocycles. The van der Waals surface area contributed by atoms with Crippen molar-refractivity contribution in [1.29, 1.82) is 0 Å². The van der Waals surface area contributed by atoms with Crippen LogP contribution in [0, 0.1) is 20.8 Å². The highest BCUT2D eigenvalue weighted by atomic mass is 32.2. The molecule has 0 spiro atoms. The minimum absolute atomic E-state index is 0.0845. The van der Waals surface area contributed by atoms with E-state index in [4.69, 9.17) is 0 Å². The monoisotopic (exact) mass is 347 g/mol. The first-order chi connectivity index (χ1) is 11.0. The molecular weight excluding hydrogens is 322 g/mol. The zero-order chi connectivity index (χ0) is 18.1. The Labute approximate surface area is 144 Å². The van der Waals surface area contributed by atoms with Crippen molar-refractivity contribution in [2.75, 3.05) is 10.0 Å². The van der Waals surface area contributed by atoms with E-state index in [2.05, 4.69) is 15.0 Å². The van der Waals surface area contributed by atoms with Crippen molar-refractivity contribution in [3.8, 4) is 0 Å². The summed E-state index contributed by atoms with van der Waals surface area (Å²) in [5.41, 5.74) is 3.25. The van der Waals surface area contributed by atoms with E-state index in [1.807, 2.05) is 45.9 Å². The third kappa shape index (κ3) is 4.47. The Balaban J connectivity index is 2.27. The van der Waals surface area contributed by atoms with Crippen LogP contribution in [0.15, 0.2) is 35.4 Å². The Kier molecular flexibility index (Phi) is 4.90. The van der Waals surface area contributed by atoms with Gasteiger partial charge in [-0.25, -0.2) is 13.4 Å². The summed E-state index contributed by atoms with van der Waals surface area (Å²) in [7, 11) is -3.67. The van der Waals surface area contributed by atoms with Crippen LogP contribution in [0.4, 0.5) is 11.5 Å². The van der Waals surface area contributed by atoms with Gasteiger partial charge in [-0.05, 0) is 64.8 Å². The molecule has 0 saturated carbocycles. The van der Waals surface area contributed by atoms with Crippen molar-refractivity contribution in [2.45, 2.75) is 52.0 Å². The Morgan fingerprint density at radius 1 is 1.00 bits per heavy atom. The minimum atomic E-state index is -3.67. The highest BCUT2D eigenvalue weighted by molar-refractivity contribution is 7.92. The third-order valence-corrected chi connectivity index (χ3v) is 5.05. The molecular formula is C18H25N3O2S. The molecule has 1 aromatic heterocycles. The SMILES string of the molecule is Cc1cc(C)c(S(=O)(=O)Nc2ccc(NC(C)(C)C)cn2)c(C)c1. The van der Waals surface area contributed by atoms with Crippen LogP contribution in [0.25, 0.3) is 0 Å². The lowest BCUT2D eigenvalue weighted by Gasteiger charge is -2.22. The number of nitrogens with one attached hydrogen (secondary N) is 2. The molecule has 2 rings (SSSR count). The third-order valence-electron chi connectivity index (χ3n) is 3.40. The predicted octanol–water partition coefficient (Wildman–Crippen LogP) is 4.02. The number of pyridine rings is 1. The summed E-state index contributed by atoms with van der Waals surface area (Å²) in [4.78, 5) is 4.51. The highest BCUT2D eigenvalue weighted by Gasteiger charge is 2.20. The van der Waals surface area contributed by atoms with Crippen LogP contribution < -0.4 is 10.0 Å². The maximum Gasteiger partial charge on any atom is 0.263 e. The van der Waals surface area contributed by atoms with E-state index < -0.39 is 10.0 Å². The Morgan fingerprint density at radius 3 is 2.04 bits per heavy atom. The van der Waals surface area contributed by atoms with Gasteiger partial charge in [0.15, 0.2) is 0 Å². The molecule has 0 aliphatic carbocycles. The van der Waals surface area contributed by atoms with E-state index in [0.717, 1.165) is 22.4 Å². The first-order valence-electron chi connectivity index (χ1n) is 7.83. The molecule has 0 amide bonds. The van der Waals surface area contributed by atoms with Gasteiger partial charge in [-0.1, -0.05) is 17.7 Å². The van der Waals surface area contributed by atoms with Crippen LogP contribution in [-0.4, -0.2) is 18.9 Å². The van der Waals surface area contributed by atoms with Gasteiger partial charge in [0.1, 0.15) is 5.82 Å². The van der Waals surface area contributed by atoms with Crippen molar-refractivity contribution >= 4 is 21.5 Å². The predicted molar refractivity (Wildman–Crippen MR) is 99.1 cm³/mol. The average Bonchev–Trinajstić information content (AvgIpc) is 2.37. The zero-order valence-electron chi connectivity index (χ0n) is 15.1. The number of hydrogen-bond donors (Lipinski definition) is 2. The lowest BCUT2D eigenvalue weighted by molar-refractivity contribution is 0.599. The van der Waals surface area contributed by atoms with Crippen LogP contribution in [0.1, 0.15) is 37.5 Å². The molecule has 2 N–H and O–H groups in total. The number of anilines is 2.